The van der Waals surface area contributed by atoms with E-state index in [2.05, 4.69) is 4.98 Å². The van der Waals surface area contributed by atoms with Gasteiger partial charge in [0.05, 0.1) is 0 Å². The number of fused-ring (bicyclic) bond motifs is 1. The molecule has 0 radical (unpaired) electrons. The van der Waals surface area contributed by atoms with Gasteiger partial charge in [-0.25, -0.2) is 9.78 Å². The van der Waals surface area contributed by atoms with Crippen molar-refractivity contribution in [2.75, 3.05) is 0 Å². The summed E-state index contributed by atoms with van der Waals surface area (Å²) >= 11 is 0. The Morgan fingerprint density at radius 2 is 1.86 bits per heavy atom. The van der Waals surface area contributed by atoms with Gasteiger partial charge in [0.1, 0.15) is 11.7 Å². The van der Waals surface area contributed by atoms with Crippen LogP contribution < -0.4 is 0 Å². The number of amides is 1. The number of hydrogen-bond donors (Lipinski definition) is 1. The van der Waals surface area contributed by atoms with Gasteiger partial charge >= 0.3 is 5.97 Å². The second-order valence-corrected chi connectivity index (χ2v) is 5.42. The number of carboxylic acids is 1. The Bertz CT molecular complexity index is 742. The molecule has 5 nitrogen and oxygen atoms in total. The van der Waals surface area contributed by atoms with E-state index in [1.54, 1.807) is 25.1 Å². The second kappa shape index (κ2) is 5.60. The van der Waals surface area contributed by atoms with Crippen LogP contribution in [0.4, 0.5) is 0 Å². The zero-order valence-electron chi connectivity index (χ0n) is 12.2. The van der Waals surface area contributed by atoms with Crippen LogP contribution in [-0.4, -0.2) is 32.9 Å². The highest BCUT2D eigenvalue weighted by Gasteiger charge is 2.35. The number of aromatic nitrogens is 1. The summed E-state index contributed by atoms with van der Waals surface area (Å²) in [5.74, 6) is -1.33. The van der Waals surface area contributed by atoms with Crippen LogP contribution in [0.2, 0.25) is 0 Å². The van der Waals surface area contributed by atoms with Crippen LogP contribution in [0.1, 0.15) is 27.3 Å². The molecule has 1 amide bonds. The van der Waals surface area contributed by atoms with Crippen molar-refractivity contribution in [1.82, 2.24) is 9.88 Å². The zero-order valence-corrected chi connectivity index (χ0v) is 12.2. The molecule has 0 spiro atoms. The van der Waals surface area contributed by atoms with E-state index in [4.69, 9.17) is 0 Å². The third-order valence-electron chi connectivity index (χ3n) is 3.90. The Hall–Kier alpha value is -2.69. The van der Waals surface area contributed by atoms with Crippen LogP contribution in [-0.2, 0) is 17.8 Å². The minimum absolute atomic E-state index is 0.283. The van der Waals surface area contributed by atoms with Crippen molar-refractivity contribution in [3.8, 4) is 0 Å². The molecule has 22 heavy (non-hydrogen) atoms. The fourth-order valence-electron chi connectivity index (χ4n) is 2.77. The molecule has 0 saturated carbocycles. The molecule has 0 bridgehead atoms. The SMILES string of the molecule is Cc1cccc(C(=O)N2Cc3ccccc3CC2C(=O)O)n1. The predicted octanol–water partition coefficient (Wildman–Crippen LogP) is 2.04. The second-order valence-electron chi connectivity index (χ2n) is 5.42. The number of carboxylic acid groups (broad SMARTS) is 1. The minimum Gasteiger partial charge on any atom is -0.480 e. The number of nitrogens with zero attached hydrogens (tertiary/aromatic N) is 2. The van der Waals surface area contributed by atoms with E-state index < -0.39 is 12.0 Å². The lowest BCUT2D eigenvalue weighted by atomic mass is 9.93. The largest absolute Gasteiger partial charge is 0.480 e. The summed E-state index contributed by atoms with van der Waals surface area (Å²) in [6.45, 7) is 2.10. The molecular weight excluding hydrogens is 280 g/mol. The van der Waals surface area contributed by atoms with Gasteiger partial charge in [0.2, 0.25) is 0 Å². The van der Waals surface area contributed by atoms with E-state index in [-0.39, 0.29) is 11.6 Å². The van der Waals surface area contributed by atoms with E-state index in [1.165, 1.54) is 4.90 Å². The highest BCUT2D eigenvalue weighted by Crippen LogP contribution is 2.24. The van der Waals surface area contributed by atoms with E-state index in [9.17, 15) is 14.7 Å². The fourth-order valence-corrected chi connectivity index (χ4v) is 2.77. The van der Waals surface area contributed by atoms with Crippen molar-refractivity contribution in [2.24, 2.45) is 0 Å². The van der Waals surface area contributed by atoms with E-state index in [0.717, 1.165) is 16.8 Å². The molecule has 1 aromatic carbocycles. The molecule has 2 heterocycles. The molecule has 1 unspecified atom stereocenters. The smallest absolute Gasteiger partial charge is 0.326 e. The van der Waals surface area contributed by atoms with E-state index in [0.29, 0.717) is 13.0 Å². The van der Waals surface area contributed by atoms with Crippen molar-refractivity contribution >= 4 is 11.9 Å². The van der Waals surface area contributed by atoms with Gasteiger partial charge in [0, 0.05) is 18.7 Å². The van der Waals surface area contributed by atoms with Crippen molar-refractivity contribution < 1.29 is 14.7 Å². The normalized spacial score (nSPS) is 17.0. The molecule has 112 valence electrons. The van der Waals surface area contributed by atoms with Crippen LogP contribution in [0.3, 0.4) is 0 Å². The lowest BCUT2D eigenvalue weighted by Crippen LogP contribution is -2.48. The molecule has 0 fully saturated rings. The van der Waals surface area contributed by atoms with Crippen LogP contribution >= 0.6 is 0 Å². The number of rotatable bonds is 2. The third-order valence-corrected chi connectivity index (χ3v) is 3.90. The summed E-state index contributed by atoms with van der Waals surface area (Å²) in [4.78, 5) is 29.8. The summed E-state index contributed by atoms with van der Waals surface area (Å²) in [6.07, 6.45) is 0.322. The summed E-state index contributed by atoms with van der Waals surface area (Å²) in [7, 11) is 0. The quantitative estimate of drug-likeness (QED) is 0.920. The molecule has 1 aliphatic rings. The number of aryl methyl sites for hydroxylation is 1. The number of carbonyl (C=O) groups is 2. The lowest BCUT2D eigenvalue weighted by Gasteiger charge is -2.34. The predicted molar refractivity (Wildman–Crippen MR) is 80.4 cm³/mol. The standard InChI is InChI=1S/C17H16N2O3/c1-11-5-4-8-14(18-11)16(20)19-10-13-7-3-2-6-12(13)9-15(19)17(21)22/h2-8,15H,9-10H2,1H3,(H,21,22). The number of pyridine rings is 1. The Morgan fingerprint density at radius 3 is 2.55 bits per heavy atom. The fraction of sp³-hybridized carbons (Fsp3) is 0.235. The summed E-state index contributed by atoms with van der Waals surface area (Å²) < 4.78 is 0. The minimum atomic E-state index is -0.990. The molecule has 1 aromatic heterocycles. The molecule has 1 aliphatic heterocycles. The Kier molecular flexibility index (Phi) is 3.63. The first kappa shape index (κ1) is 14.3. The number of carbonyl (C=O) groups excluding carboxylic acids is 1. The van der Waals surface area contributed by atoms with Crippen LogP contribution in [0.25, 0.3) is 0 Å². The van der Waals surface area contributed by atoms with Gasteiger partial charge in [-0.1, -0.05) is 30.3 Å². The molecule has 5 heteroatoms. The van der Waals surface area contributed by atoms with E-state index >= 15 is 0 Å². The first-order valence-corrected chi connectivity index (χ1v) is 7.10. The van der Waals surface area contributed by atoms with Crippen molar-refractivity contribution in [3.63, 3.8) is 0 Å². The molecule has 1 atom stereocenters. The summed E-state index contributed by atoms with van der Waals surface area (Å²) in [5, 5.41) is 9.47. The topological polar surface area (TPSA) is 70.5 Å². The number of aliphatic carboxylic acids is 1. The zero-order chi connectivity index (χ0) is 15.7. The average Bonchev–Trinajstić information content (AvgIpc) is 2.52. The van der Waals surface area contributed by atoms with Crippen LogP contribution in [0.5, 0.6) is 0 Å². The van der Waals surface area contributed by atoms with E-state index in [1.807, 2.05) is 24.3 Å². The van der Waals surface area contributed by atoms with Gasteiger partial charge in [-0.3, -0.25) is 4.79 Å². The van der Waals surface area contributed by atoms with Gasteiger partial charge < -0.3 is 10.0 Å². The monoisotopic (exact) mass is 296 g/mol. The Labute approximate surface area is 128 Å². The lowest BCUT2D eigenvalue weighted by molar-refractivity contribution is -0.142. The molecule has 0 saturated heterocycles. The summed E-state index contributed by atoms with van der Waals surface area (Å²) in [6, 6.07) is 11.9. The molecule has 0 aliphatic carbocycles. The van der Waals surface area contributed by atoms with Crippen molar-refractivity contribution in [2.45, 2.75) is 25.9 Å². The van der Waals surface area contributed by atoms with Gasteiger partial charge in [-0.15, -0.1) is 0 Å². The average molecular weight is 296 g/mol. The molecule has 2 aromatic rings. The Balaban J connectivity index is 1.97. The molecule has 1 N–H and O–H groups in total. The maximum Gasteiger partial charge on any atom is 0.326 e. The van der Waals surface area contributed by atoms with Crippen molar-refractivity contribution in [3.05, 3.63) is 65.0 Å². The van der Waals surface area contributed by atoms with Gasteiger partial charge in [0.25, 0.3) is 5.91 Å². The third kappa shape index (κ3) is 2.57. The maximum atomic E-state index is 12.7. The molecular formula is C17H16N2O3. The van der Waals surface area contributed by atoms with Gasteiger partial charge in [0.15, 0.2) is 0 Å². The van der Waals surface area contributed by atoms with Crippen LogP contribution in [0.15, 0.2) is 42.5 Å². The van der Waals surface area contributed by atoms with Crippen molar-refractivity contribution in [1.29, 1.82) is 0 Å². The number of benzene rings is 1. The summed E-state index contributed by atoms with van der Waals surface area (Å²) in [5.41, 5.74) is 2.98. The first-order chi connectivity index (χ1) is 10.6. The first-order valence-electron chi connectivity index (χ1n) is 7.10. The molecule has 3 rings (SSSR count). The Morgan fingerprint density at radius 1 is 1.14 bits per heavy atom. The highest BCUT2D eigenvalue weighted by molar-refractivity contribution is 5.95. The van der Waals surface area contributed by atoms with Gasteiger partial charge in [-0.2, -0.15) is 0 Å². The highest BCUT2D eigenvalue weighted by atomic mass is 16.4. The maximum absolute atomic E-state index is 12.7. The van der Waals surface area contributed by atoms with Crippen LogP contribution in [0, 0.1) is 6.92 Å². The van der Waals surface area contributed by atoms with Gasteiger partial charge in [-0.05, 0) is 30.2 Å². The number of hydrogen-bond acceptors (Lipinski definition) is 3.